The van der Waals surface area contributed by atoms with Crippen LogP contribution in [0.5, 0.6) is 0 Å². The second-order valence-corrected chi connectivity index (χ2v) is 14.4. The Balaban J connectivity index is 1.83. The third-order valence-electron chi connectivity index (χ3n) is 9.43. The molecule has 1 N–H and O–H groups in total. The fraction of sp³-hybridized carbons (Fsp3) is 0.548. The third-order valence-corrected chi connectivity index (χ3v) is 9.43. The van der Waals surface area contributed by atoms with Gasteiger partial charge < -0.3 is 57.4 Å². The molecule has 0 aliphatic carbocycles. The van der Waals surface area contributed by atoms with Crippen LogP contribution >= 0.6 is 0 Å². The van der Waals surface area contributed by atoms with E-state index in [1.807, 2.05) is 0 Å². The van der Waals surface area contributed by atoms with E-state index in [1.54, 1.807) is 60.7 Å². The summed E-state index contributed by atoms with van der Waals surface area (Å²) in [5.41, 5.74) is 1.37. The van der Waals surface area contributed by atoms with Crippen LogP contribution in [-0.4, -0.2) is 129 Å². The van der Waals surface area contributed by atoms with Gasteiger partial charge in [-0.05, 0) is 11.1 Å². The van der Waals surface area contributed by atoms with E-state index in [0.717, 1.165) is 48.7 Å². The Labute approximate surface area is 357 Å². The van der Waals surface area contributed by atoms with Gasteiger partial charge in [-0.15, -0.1) is 0 Å². The quantitative estimate of drug-likeness (QED) is 0.158. The van der Waals surface area contributed by atoms with Gasteiger partial charge in [-0.3, -0.25) is 28.8 Å². The molecule has 0 bridgehead atoms. The van der Waals surface area contributed by atoms with Gasteiger partial charge in [0.2, 0.25) is 12.3 Å². The molecule has 20 heteroatoms. The van der Waals surface area contributed by atoms with Crippen molar-refractivity contribution in [3.63, 3.8) is 0 Å². The lowest BCUT2D eigenvalue weighted by molar-refractivity contribution is -0.335. The maximum atomic E-state index is 16.2. The van der Waals surface area contributed by atoms with Crippen molar-refractivity contribution in [1.29, 1.82) is 0 Å². The number of carbonyl (C=O) groups excluding carboxylic acids is 7. The van der Waals surface area contributed by atoms with Crippen molar-refractivity contribution < 1.29 is 90.1 Å². The molecule has 19 nitrogen and oxygen atoms in total. The van der Waals surface area contributed by atoms with Crippen LogP contribution in [0.4, 0.5) is 4.39 Å². The maximum Gasteiger partial charge on any atom is 0.366 e. The number of halogens is 1. The van der Waals surface area contributed by atoms with Crippen molar-refractivity contribution in [3.05, 3.63) is 71.8 Å². The lowest BCUT2D eigenvalue weighted by Gasteiger charge is -2.49. The average molecular weight is 878 g/mol. The molecule has 0 aromatic heterocycles. The first-order valence-electron chi connectivity index (χ1n) is 19.5. The van der Waals surface area contributed by atoms with Gasteiger partial charge >= 0.3 is 35.8 Å². The Bertz CT molecular complexity index is 1850. The van der Waals surface area contributed by atoms with Crippen LogP contribution < -0.4 is 5.32 Å². The van der Waals surface area contributed by atoms with Gasteiger partial charge in [0, 0.05) is 41.5 Å². The molecule has 2 aliphatic heterocycles. The highest BCUT2D eigenvalue weighted by Gasteiger charge is 2.60. The number of alkyl halides is 1. The molecule has 340 valence electrons. The number of carbonyl (C=O) groups is 7. The van der Waals surface area contributed by atoms with Crippen molar-refractivity contribution in [2.75, 3.05) is 20.3 Å². The smallest absolute Gasteiger partial charge is 0.366 e. The fourth-order valence-electron chi connectivity index (χ4n) is 7.01. The molecule has 4 rings (SSSR count). The summed E-state index contributed by atoms with van der Waals surface area (Å²) >= 11 is 0. The molecule has 2 heterocycles. The van der Waals surface area contributed by atoms with Gasteiger partial charge in [0.05, 0.1) is 39.4 Å². The van der Waals surface area contributed by atoms with Crippen molar-refractivity contribution in [2.45, 2.75) is 128 Å². The van der Waals surface area contributed by atoms with Gasteiger partial charge in [-0.25, -0.2) is 9.18 Å². The van der Waals surface area contributed by atoms with Gasteiger partial charge in [0.1, 0.15) is 37.1 Å². The fourth-order valence-corrected chi connectivity index (χ4v) is 7.01. The molecule has 2 aromatic rings. The second kappa shape index (κ2) is 23.1. The number of ether oxygens (including phenoxy) is 11. The summed E-state index contributed by atoms with van der Waals surface area (Å²) in [5, 5.41) is 2.57. The molecule has 2 fully saturated rings. The SMILES string of the molecule is COC(=O)[C@@]1(OC[C@H]2OC(F)[C@H](OC(C)=O)[C@@H](OCc3ccccc3)[C@H]2OCc2ccccc2)C[C@H](OC(C)=O)[C@@H](NC(C)=O)[C@H]([C@H](OC(C)=O)[C@@H](COC(C)=O)OC(C)=O)O1. The summed E-state index contributed by atoms with van der Waals surface area (Å²) in [4.78, 5) is 88.5. The van der Waals surface area contributed by atoms with E-state index >= 15 is 4.39 Å². The molecule has 0 spiro atoms. The highest BCUT2D eigenvalue weighted by atomic mass is 19.1. The molecule has 11 atom stereocenters. The molecule has 2 saturated heterocycles. The monoisotopic (exact) mass is 877 g/mol. The van der Waals surface area contributed by atoms with Crippen molar-refractivity contribution in [3.8, 4) is 0 Å². The zero-order chi connectivity index (χ0) is 45.6. The number of methoxy groups -OCH3 is 1. The lowest BCUT2D eigenvalue weighted by Crippen LogP contribution is -2.69. The summed E-state index contributed by atoms with van der Waals surface area (Å²) in [7, 11) is 0.982. The topological polar surface area (TPSA) is 233 Å². The summed E-state index contributed by atoms with van der Waals surface area (Å²) in [6, 6.07) is 16.2. The van der Waals surface area contributed by atoms with Crippen LogP contribution in [0.3, 0.4) is 0 Å². The number of esters is 6. The van der Waals surface area contributed by atoms with Crippen LogP contribution in [-0.2, 0) is 98.9 Å². The first-order valence-corrected chi connectivity index (χ1v) is 19.5. The van der Waals surface area contributed by atoms with Crippen LogP contribution in [0.1, 0.15) is 59.1 Å². The van der Waals surface area contributed by atoms with Crippen LogP contribution in [0.25, 0.3) is 0 Å². The molecule has 1 unspecified atom stereocenters. The van der Waals surface area contributed by atoms with Gasteiger partial charge in [-0.2, -0.15) is 0 Å². The minimum absolute atomic E-state index is 0.0854. The molecular formula is C42H52FNO18. The predicted octanol–water partition coefficient (Wildman–Crippen LogP) is 2.32. The first-order chi connectivity index (χ1) is 29.4. The Morgan fingerprint density at radius 3 is 1.81 bits per heavy atom. The van der Waals surface area contributed by atoms with Gasteiger partial charge in [0.15, 0.2) is 18.3 Å². The van der Waals surface area contributed by atoms with Crippen molar-refractivity contribution in [2.24, 2.45) is 0 Å². The molecule has 2 aromatic carbocycles. The van der Waals surface area contributed by atoms with E-state index in [9.17, 15) is 33.6 Å². The number of rotatable bonds is 19. The standard InChI is InChI=1S/C42H52FNO18/c1-23(45)44-34-31(57-25(3)47)18-42(41(51)52-7,62-37(34)36(59-27(5)49)32(58-26(4)48)21-53-24(2)46)56-22-33-35(54-19-29-14-10-8-11-15-29)38(39(40(43)61-33)60-28(6)50)55-20-30-16-12-9-13-17-30/h8-17,31-40H,18-22H2,1-7H3,(H,44,45)/t31-,32+,33+,34+,35-,36+,37+,38-,39+,40?,42+/m0/s1. The summed E-state index contributed by atoms with van der Waals surface area (Å²) in [6.45, 7) is 4.67. The van der Waals surface area contributed by atoms with E-state index < -0.39 is 128 Å². The number of nitrogens with one attached hydrogen (secondary N) is 1. The first kappa shape index (κ1) is 49.1. The Kier molecular flexibility index (Phi) is 18.3. The largest absolute Gasteiger partial charge is 0.465 e. The average Bonchev–Trinajstić information content (AvgIpc) is 3.21. The highest BCUT2D eigenvalue weighted by molar-refractivity contribution is 5.79. The molecule has 0 saturated carbocycles. The van der Waals surface area contributed by atoms with Crippen LogP contribution in [0.2, 0.25) is 0 Å². The van der Waals surface area contributed by atoms with Crippen molar-refractivity contribution in [1.82, 2.24) is 5.32 Å². The van der Waals surface area contributed by atoms with E-state index in [2.05, 4.69) is 5.32 Å². The molecule has 0 radical (unpaired) electrons. The van der Waals surface area contributed by atoms with E-state index in [0.29, 0.717) is 11.1 Å². The number of benzene rings is 2. The zero-order valence-electron chi connectivity index (χ0n) is 35.3. The summed E-state index contributed by atoms with van der Waals surface area (Å²) < 4.78 is 79.4. The minimum atomic E-state index is -2.67. The van der Waals surface area contributed by atoms with Crippen LogP contribution in [0.15, 0.2) is 60.7 Å². The molecule has 1 amide bonds. The van der Waals surface area contributed by atoms with E-state index in [4.69, 9.17) is 52.1 Å². The summed E-state index contributed by atoms with van der Waals surface area (Å²) in [6.07, 6.45) is -15.7. The van der Waals surface area contributed by atoms with Crippen LogP contribution in [0, 0.1) is 0 Å². The van der Waals surface area contributed by atoms with Gasteiger partial charge in [-0.1, -0.05) is 60.7 Å². The van der Waals surface area contributed by atoms with E-state index in [-0.39, 0.29) is 13.2 Å². The van der Waals surface area contributed by atoms with Gasteiger partial charge in [0.25, 0.3) is 5.79 Å². The maximum absolute atomic E-state index is 16.2. The normalized spacial score (nSPS) is 26.7. The molecule has 2 aliphatic rings. The predicted molar refractivity (Wildman–Crippen MR) is 206 cm³/mol. The summed E-state index contributed by atoms with van der Waals surface area (Å²) in [5.74, 6) is -9.09. The van der Waals surface area contributed by atoms with E-state index in [1.165, 1.54) is 0 Å². The second-order valence-electron chi connectivity index (χ2n) is 14.4. The molecular weight excluding hydrogens is 825 g/mol. The number of hydrogen-bond donors (Lipinski definition) is 1. The Morgan fingerprint density at radius 1 is 0.742 bits per heavy atom. The highest BCUT2D eigenvalue weighted by Crippen LogP contribution is 2.39. The number of hydrogen-bond acceptors (Lipinski definition) is 18. The molecule has 62 heavy (non-hydrogen) atoms. The zero-order valence-corrected chi connectivity index (χ0v) is 35.3. The Hall–Kier alpha value is -5.54. The number of amides is 1. The lowest BCUT2D eigenvalue weighted by atomic mass is 9.87. The minimum Gasteiger partial charge on any atom is -0.465 e. The van der Waals surface area contributed by atoms with Crippen molar-refractivity contribution >= 4 is 41.7 Å². The Morgan fingerprint density at radius 2 is 1.31 bits per heavy atom. The third kappa shape index (κ3) is 14.0.